The van der Waals surface area contributed by atoms with Crippen molar-refractivity contribution >= 4 is 10.9 Å². The fourth-order valence-electron chi connectivity index (χ4n) is 3.19. The summed E-state index contributed by atoms with van der Waals surface area (Å²) in [4.78, 5) is 7.30. The summed E-state index contributed by atoms with van der Waals surface area (Å²) in [5, 5.41) is 1.22. The summed E-state index contributed by atoms with van der Waals surface area (Å²) in [5.41, 5.74) is 7.96. The van der Waals surface area contributed by atoms with Crippen molar-refractivity contribution in [3.63, 3.8) is 0 Å². The van der Waals surface area contributed by atoms with Crippen LogP contribution in [0.2, 0.25) is 0 Å². The van der Waals surface area contributed by atoms with Crippen LogP contribution in [0, 0.1) is 5.92 Å². The molecule has 1 saturated heterocycles. The number of likely N-dealkylation sites (tertiary alicyclic amines) is 1. The van der Waals surface area contributed by atoms with E-state index in [0.29, 0.717) is 0 Å². The zero-order valence-electron chi connectivity index (χ0n) is 12.0. The van der Waals surface area contributed by atoms with Crippen LogP contribution in [0.1, 0.15) is 25.0 Å². The first-order valence-electron chi connectivity index (χ1n) is 7.62. The molecule has 1 aromatic heterocycles. The molecule has 20 heavy (non-hydrogen) atoms. The molecule has 0 spiro atoms. The second-order valence-electron chi connectivity index (χ2n) is 5.82. The Kier molecular flexibility index (Phi) is 4.28. The molecule has 1 fully saturated rings. The number of fused-ring (bicyclic) bond motifs is 1. The van der Waals surface area contributed by atoms with Crippen molar-refractivity contribution in [1.82, 2.24) is 9.88 Å². The first-order chi connectivity index (χ1) is 9.85. The molecule has 0 saturated carbocycles. The zero-order valence-corrected chi connectivity index (χ0v) is 12.0. The lowest BCUT2D eigenvalue weighted by atomic mass is 9.95. The number of nitrogens with zero attached hydrogens (tertiary/aromatic N) is 2. The lowest BCUT2D eigenvalue weighted by Gasteiger charge is -2.32. The number of rotatable bonds is 4. The third-order valence-corrected chi connectivity index (χ3v) is 4.22. The van der Waals surface area contributed by atoms with Crippen LogP contribution in [0.5, 0.6) is 0 Å². The van der Waals surface area contributed by atoms with Crippen molar-refractivity contribution in [1.29, 1.82) is 0 Å². The van der Waals surface area contributed by atoms with Gasteiger partial charge in [-0.05, 0) is 50.4 Å². The van der Waals surface area contributed by atoms with Crippen LogP contribution < -0.4 is 5.73 Å². The molecule has 106 valence electrons. The van der Waals surface area contributed by atoms with Gasteiger partial charge in [0.05, 0.1) is 11.2 Å². The predicted molar refractivity (Wildman–Crippen MR) is 83.4 cm³/mol. The molecule has 3 nitrogen and oxygen atoms in total. The summed E-state index contributed by atoms with van der Waals surface area (Å²) in [6, 6.07) is 12.7. The van der Waals surface area contributed by atoms with Gasteiger partial charge in [-0.1, -0.05) is 24.3 Å². The van der Waals surface area contributed by atoms with E-state index in [1.54, 1.807) is 0 Å². The lowest BCUT2D eigenvalue weighted by Crippen LogP contribution is -2.35. The second kappa shape index (κ2) is 6.33. The van der Waals surface area contributed by atoms with Gasteiger partial charge in [0.15, 0.2) is 0 Å². The minimum Gasteiger partial charge on any atom is -0.330 e. The molecule has 1 aliphatic rings. The monoisotopic (exact) mass is 269 g/mol. The highest BCUT2D eigenvalue weighted by molar-refractivity contribution is 5.78. The Morgan fingerprint density at radius 1 is 1.20 bits per heavy atom. The Morgan fingerprint density at radius 2 is 2.10 bits per heavy atom. The van der Waals surface area contributed by atoms with Gasteiger partial charge in [-0.2, -0.15) is 0 Å². The molecule has 0 aliphatic carbocycles. The highest BCUT2D eigenvalue weighted by atomic mass is 15.1. The van der Waals surface area contributed by atoms with Crippen LogP contribution in [0.15, 0.2) is 36.4 Å². The van der Waals surface area contributed by atoms with Gasteiger partial charge >= 0.3 is 0 Å². The summed E-state index contributed by atoms with van der Waals surface area (Å²) in [7, 11) is 0. The number of hydrogen-bond acceptors (Lipinski definition) is 3. The Labute approximate surface area is 120 Å². The fourth-order valence-corrected chi connectivity index (χ4v) is 3.19. The second-order valence-corrected chi connectivity index (χ2v) is 5.82. The minimum absolute atomic E-state index is 0.772. The number of para-hydroxylation sites is 1. The molecular weight excluding hydrogens is 246 g/mol. The van der Waals surface area contributed by atoms with E-state index in [1.165, 1.54) is 37.0 Å². The molecule has 0 bridgehead atoms. The first-order valence-corrected chi connectivity index (χ1v) is 7.62. The van der Waals surface area contributed by atoms with E-state index in [4.69, 9.17) is 10.7 Å². The SMILES string of the molecule is NCCC1CCCN(Cc2ccc3ccccc3n2)C1. The number of aromatic nitrogens is 1. The van der Waals surface area contributed by atoms with E-state index in [0.717, 1.165) is 30.9 Å². The van der Waals surface area contributed by atoms with Crippen LogP contribution in [0.4, 0.5) is 0 Å². The van der Waals surface area contributed by atoms with Crippen LogP contribution in [-0.2, 0) is 6.54 Å². The summed E-state index contributed by atoms with van der Waals surface area (Å²) in [5.74, 6) is 0.772. The van der Waals surface area contributed by atoms with E-state index in [2.05, 4.69) is 41.3 Å². The van der Waals surface area contributed by atoms with Gasteiger partial charge in [-0.25, -0.2) is 0 Å². The molecule has 1 aliphatic heterocycles. The van der Waals surface area contributed by atoms with Gasteiger partial charge in [0.2, 0.25) is 0 Å². The zero-order chi connectivity index (χ0) is 13.8. The van der Waals surface area contributed by atoms with Crippen molar-refractivity contribution in [2.45, 2.75) is 25.8 Å². The van der Waals surface area contributed by atoms with E-state index in [9.17, 15) is 0 Å². The molecule has 3 rings (SSSR count). The molecule has 2 aromatic rings. The van der Waals surface area contributed by atoms with Gasteiger partial charge in [0.1, 0.15) is 0 Å². The van der Waals surface area contributed by atoms with Gasteiger partial charge < -0.3 is 5.73 Å². The smallest absolute Gasteiger partial charge is 0.0705 e. The standard InChI is InChI=1S/C17H23N3/c18-10-9-14-4-3-11-20(12-14)13-16-8-7-15-5-1-2-6-17(15)19-16/h1-2,5-8,14H,3-4,9-13,18H2. The van der Waals surface area contributed by atoms with Gasteiger partial charge in [-0.3, -0.25) is 9.88 Å². The van der Waals surface area contributed by atoms with E-state index in [1.807, 2.05) is 0 Å². The Morgan fingerprint density at radius 3 is 3.00 bits per heavy atom. The van der Waals surface area contributed by atoms with Gasteiger partial charge in [-0.15, -0.1) is 0 Å². The third-order valence-electron chi connectivity index (χ3n) is 4.22. The quantitative estimate of drug-likeness (QED) is 0.928. The first kappa shape index (κ1) is 13.5. The largest absolute Gasteiger partial charge is 0.330 e. The average Bonchev–Trinajstić information content (AvgIpc) is 2.48. The summed E-state index contributed by atoms with van der Waals surface area (Å²) in [6.45, 7) is 4.14. The Bertz CT molecular complexity index is 565. The summed E-state index contributed by atoms with van der Waals surface area (Å²) < 4.78 is 0. The molecule has 0 amide bonds. The number of benzene rings is 1. The Balaban J connectivity index is 1.69. The number of nitrogens with two attached hydrogens (primary N) is 1. The van der Waals surface area contributed by atoms with Crippen LogP contribution in [0.3, 0.4) is 0 Å². The van der Waals surface area contributed by atoms with Gasteiger partial charge in [0.25, 0.3) is 0 Å². The lowest BCUT2D eigenvalue weighted by molar-refractivity contribution is 0.161. The topological polar surface area (TPSA) is 42.1 Å². The van der Waals surface area contributed by atoms with Gasteiger partial charge in [0, 0.05) is 18.5 Å². The van der Waals surface area contributed by atoms with Crippen LogP contribution in [-0.4, -0.2) is 29.5 Å². The predicted octanol–water partition coefficient (Wildman–Crippen LogP) is 2.80. The molecule has 2 N–H and O–H groups in total. The van der Waals surface area contributed by atoms with Crippen molar-refractivity contribution in [3.05, 3.63) is 42.1 Å². The van der Waals surface area contributed by atoms with Crippen molar-refractivity contribution < 1.29 is 0 Å². The van der Waals surface area contributed by atoms with Crippen molar-refractivity contribution in [2.75, 3.05) is 19.6 Å². The molecular formula is C17H23N3. The summed E-state index contributed by atoms with van der Waals surface area (Å²) >= 11 is 0. The maximum Gasteiger partial charge on any atom is 0.0705 e. The molecule has 3 heteroatoms. The molecule has 0 radical (unpaired) electrons. The fraction of sp³-hybridized carbons (Fsp3) is 0.471. The van der Waals surface area contributed by atoms with Crippen LogP contribution in [0.25, 0.3) is 10.9 Å². The molecule has 1 atom stereocenters. The molecule has 1 unspecified atom stereocenters. The Hall–Kier alpha value is -1.45. The summed E-state index contributed by atoms with van der Waals surface area (Å²) in [6.07, 6.45) is 3.78. The van der Waals surface area contributed by atoms with Crippen molar-refractivity contribution in [3.8, 4) is 0 Å². The van der Waals surface area contributed by atoms with E-state index >= 15 is 0 Å². The van der Waals surface area contributed by atoms with E-state index in [-0.39, 0.29) is 0 Å². The highest BCUT2D eigenvalue weighted by Crippen LogP contribution is 2.21. The molecule has 1 aromatic carbocycles. The third kappa shape index (κ3) is 3.17. The number of pyridine rings is 1. The van der Waals surface area contributed by atoms with Crippen LogP contribution >= 0.6 is 0 Å². The number of hydrogen-bond donors (Lipinski definition) is 1. The van der Waals surface area contributed by atoms with E-state index < -0.39 is 0 Å². The normalized spacial score (nSPS) is 20.4. The highest BCUT2D eigenvalue weighted by Gasteiger charge is 2.19. The molecule has 2 heterocycles. The average molecular weight is 269 g/mol. The maximum atomic E-state index is 5.69. The van der Waals surface area contributed by atoms with Crippen molar-refractivity contribution in [2.24, 2.45) is 11.7 Å². The number of piperidine rings is 1. The minimum atomic E-state index is 0.772. The maximum absolute atomic E-state index is 5.69.